The Balaban J connectivity index is 1.21. The predicted molar refractivity (Wildman–Crippen MR) is 134 cm³/mol. The van der Waals surface area contributed by atoms with E-state index in [9.17, 15) is 8.78 Å². The van der Waals surface area contributed by atoms with Gasteiger partial charge < -0.3 is 4.98 Å². The predicted octanol–water partition coefficient (Wildman–Crippen LogP) is 7.53. The second-order valence-electron chi connectivity index (χ2n) is 9.67. The van der Waals surface area contributed by atoms with Crippen LogP contribution in [0.2, 0.25) is 0 Å². The Labute approximate surface area is 202 Å². The summed E-state index contributed by atoms with van der Waals surface area (Å²) < 4.78 is 28.7. The SMILES string of the molecule is C[C@H](c1nc2cc(F)c(-c3ccncc3)cc2[nH]1)[C@H]1CC[C@@H](c2ccnc3ccc(F)cc32)CC1. The Bertz CT molecular complexity index is 1500. The Morgan fingerprint density at radius 2 is 1.69 bits per heavy atom. The van der Waals surface area contributed by atoms with Crippen LogP contribution in [0.4, 0.5) is 8.78 Å². The summed E-state index contributed by atoms with van der Waals surface area (Å²) in [7, 11) is 0. The molecule has 1 fully saturated rings. The lowest BCUT2D eigenvalue weighted by molar-refractivity contribution is 0.286. The molecule has 0 unspecified atom stereocenters. The molecule has 0 bridgehead atoms. The monoisotopic (exact) mass is 468 g/mol. The molecule has 0 saturated heterocycles. The van der Waals surface area contributed by atoms with Gasteiger partial charge in [0.2, 0.25) is 0 Å². The molecule has 0 amide bonds. The fourth-order valence-corrected chi connectivity index (χ4v) is 5.67. The second-order valence-corrected chi connectivity index (χ2v) is 9.67. The van der Waals surface area contributed by atoms with Gasteiger partial charge in [-0.3, -0.25) is 9.97 Å². The molecular weight excluding hydrogens is 442 g/mol. The number of imidazole rings is 1. The van der Waals surface area contributed by atoms with E-state index in [0.29, 0.717) is 22.9 Å². The summed E-state index contributed by atoms with van der Waals surface area (Å²) in [5.74, 6) is 1.53. The number of benzene rings is 2. The van der Waals surface area contributed by atoms with E-state index in [4.69, 9.17) is 4.98 Å². The number of fused-ring (bicyclic) bond motifs is 2. The molecule has 1 saturated carbocycles. The van der Waals surface area contributed by atoms with Crippen molar-refractivity contribution >= 4 is 21.9 Å². The van der Waals surface area contributed by atoms with Crippen LogP contribution in [0, 0.1) is 17.6 Å². The largest absolute Gasteiger partial charge is 0.342 e. The molecule has 2 aromatic carbocycles. The van der Waals surface area contributed by atoms with E-state index in [-0.39, 0.29) is 17.6 Å². The number of halogens is 2. The molecule has 0 radical (unpaired) electrons. The summed E-state index contributed by atoms with van der Waals surface area (Å²) in [6.07, 6.45) is 9.40. The fourth-order valence-electron chi connectivity index (χ4n) is 5.67. The minimum Gasteiger partial charge on any atom is -0.342 e. The average molecular weight is 469 g/mol. The Morgan fingerprint density at radius 3 is 2.49 bits per heavy atom. The highest BCUT2D eigenvalue weighted by Crippen LogP contribution is 2.43. The smallest absolute Gasteiger partial charge is 0.133 e. The van der Waals surface area contributed by atoms with Gasteiger partial charge in [0.1, 0.15) is 17.5 Å². The number of rotatable bonds is 4. The molecule has 1 N–H and O–H groups in total. The summed E-state index contributed by atoms with van der Waals surface area (Å²) in [4.78, 5) is 16.6. The number of pyridine rings is 2. The number of hydrogen-bond acceptors (Lipinski definition) is 3. The molecular formula is C29H26F2N4. The van der Waals surface area contributed by atoms with Gasteiger partial charge in [0.15, 0.2) is 0 Å². The van der Waals surface area contributed by atoms with Crippen LogP contribution < -0.4 is 0 Å². The zero-order valence-electron chi connectivity index (χ0n) is 19.5. The molecule has 1 atom stereocenters. The van der Waals surface area contributed by atoms with E-state index >= 15 is 0 Å². The van der Waals surface area contributed by atoms with Gasteiger partial charge in [0.25, 0.3) is 0 Å². The van der Waals surface area contributed by atoms with Crippen LogP contribution in [-0.2, 0) is 0 Å². The molecule has 5 aromatic rings. The highest BCUT2D eigenvalue weighted by Gasteiger charge is 2.29. The normalized spacial score (nSPS) is 19.3. The molecule has 35 heavy (non-hydrogen) atoms. The second kappa shape index (κ2) is 8.84. The molecule has 6 rings (SSSR count). The highest BCUT2D eigenvalue weighted by molar-refractivity contribution is 5.83. The van der Waals surface area contributed by atoms with E-state index in [1.165, 1.54) is 17.7 Å². The minimum absolute atomic E-state index is 0.220. The van der Waals surface area contributed by atoms with Gasteiger partial charge in [0, 0.05) is 41.5 Å². The quantitative estimate of drug-likeness (QED) is 0.297. The van der Waals surface area contributed by atoms with Gasteiger partial charge in [-0.2, -0.15) is 0 Å². The highest BCUT2D eigenvalue weighted by atomic mass is 19.1. The molecule has 1 aliphatic rings. The van der Waals surface area contributed by atoms with E-state index in [2.05, 4.69) is 21.9 Å². The summed E-state index contributed by atoms with van der Waals surface area (Å²) in [6.45, 7) is 2.21. The van der Waals surface area contributed by atoms with Crippen LogP contribution in [-0.4, -0.2) is 19.9 Å². The first-order valence-corrected chi connectivity index (χ1v) is 12.2. The van der Waals surface area contributed by atoms with E-state index in [0.717, 1.165) is 53.5 Å². The lowest BCUT2D eigenvalue weighted by atomic mass is 9.73. The first-order valence-electron chi connectivity index (χ1n) is 12.2. The lowest BCUT2D eigenvalue weighted by Crippen LogP contribution is -2.19. The maximum atomic E-state index is 14.8. The lowest BCUT2D eigenvalue weighted by Gasteiger charge is -2.32. The van der Waals surface area contributed by atoms with Gasteiger partial charge >= 0.3 is 0 Å². The van der Waals surface area contributed by atoms with Gasteiger partial charge in [0.05, 0.1) is 16.6 Å². The molecule has 3 heterocycles. The first kappa shape index (κ1) is 21.8. The average Bonchev–Trinajstić information content (AvgIpc) is 3.31. The van der Waals surface area contributed by atoms with Crippen LogP contribution in [0.3, 0.4) is 0 Å². The number of aromatic nitrogens is 4. The standard InChI is InChI=1S/C29H26F2N4/c1-17(29-34-27-15-23(20-8-11-32-12-9-20)25(31)16-28(27)35-29)18-2-4-19(5-3-18)22-10-13-33-26-7-6-21(30)14-24(22)26/h6-19H,2-5H2,1H3,(H,34,35)/t17-,18-,19+/m0/s1. The molecule has 1 aliphatic carbocycles. The van der Waals surface area contributed by atoms with Gasteiger partial charge in [-0.1, -0.05) is 6.92 Å². The van der Waals surface area contributed by atoms with Gasteiger partial charge in [-0.05, 0) is 91.1 Å². The Kier molecular flexibility index (Phi) is 5.51. The number of nitrogens with one attached hydrogen (secondary N) is 1. The van der Waals surface area contributed by atoms with Crippen LogP contribution >= 0.6 is 0 Å². The van der Waals surface area contributed by atoms with Crippen molar-refractivity contribution in [1.29, 1.82) is 0 Å². The first-order chi connectivity index (χ1) is 17.1. The third-order valence-electron chi connectivity index (χ3n) is 7.67. The summed E-state index contributed by atoms with van der Waals surface area (Å²) in [6, 6.07) is 13.9. The Morgan fingerprint density at radius 1 is 0.886 bits per heavy atom. The third kappa shape index (κ3) is 4.07. The van der Waals surface area contributed by atoms with Crippen molar-refractivity contribution in [3.05, 3.63) is 90.1 Å². The van der Waals surface area contributed by atoms with Crippen molar-refractivity contribution in [2.45, 2.75) is 44.4 Å². The summed E-state index contributed by atoms with van der Waals surface area (Å²) >= 11 is 0. The minimum atomic E-state index is -0.282. The summed E-state index contributed by atoms with van der Waals surface area (Å²) in [5, 5.41) is 0.924. The van der Waals surface area contributed by atoms with Crippen LogP contribution in [0.5, 0.6) is 0 Å². The van der Waals surface area contributed by atoms with E-state index in [1.54, 1.807) is 24.5 Å². The number of H-pyrrole nitrogens is 1. The molecule has 0 spiro atoms. The Hall–Kier alpha value is -3.67. The molecule has 4 nitrogen and oxygen atoms in total. The van der Waals surface area contributed by atoms with Gasteiger partial charge in [-0.25, -0.2) is 13.8 Å². The zero-order valence-corrected chi connectivity index (χ0v) is 19.5. The number of aromatic amines is 1. The van der Waals surface area contributed by atoms with Crippen LogP contribution in [0.15, 0.2) is 67.1 Å². The van der Waals surface area contributed by atoms with Crippen LogP contribution in [0.25, 0.3) is 33.1 Å². The van der Waals surface area contributed by atoms with Gasteiger partial charge in [-0.15, -0.1) is 0 Å². The summed E-state index contributed by atoms with van der Waals surface area (Å²) in [5.41, 5.74) is 4.89. The molecule has 0 aliphatic heterocycles. The van der Waals surface area contributed by atoms with Crippen molar-refractivity contribution < 1.29 is 8.78 Å². The zero-order chi connectivity index (χ0) is 23.9. The number of nitrogens with zero attached hydrogens (tertiary/aromatic N) is 3. The molecule has 6 heteroatoms. The topological polar surface area (TPSA) is 54.5 Å². The maximum Gasteiger partial charge on any atom is 0.133 e. The van der Waals surface area contributed by atoms with Crippen LogP contribution in [0.1, 0.15) is 55.8 Å². The van der Waals surface area contributed by atoms with E-state index in [1.807, 2.05) is 30.5 Å². The third-order valence-corrected chi connectivity index (χ3v) is 7.67. The van der Waals surface area contributed by atoms with Crippen molar-refractivity contribution in [1.82, 2.24) is 19.9 Å². The number of hydrogen-bond donors (Lipinski definition) is 1. The fraction of sp³-hybridized carbons (Fsp3) is 0.276. The molecule has 176 valence electrons. The van der Waals surface area contributed by atoms with Crippen molar-refractivity contribution in [2.75, 3.05) is 0 Å². The molecule has 3 aromatic heterocycles. The van der Waals surface area contributed by atoms with Crippen molar-refractivity contribution in [2.24, 2.45) is 5.92 Å². The van der Waals surface area contributed by atoms with E-state index < -0.39 is 0 Å². The van der Waals surface area contributed by atoms with Crippen molar-refractivity contribution in [3.8, 4) is 11.1 Å². The maximum absolute atomic E-state index is 14.8. The van der Waals surface area contributed by atoms with Crippen molar-refractivity contribution in [3.63, 3.8) is 0 Å².